The van der Waals surface area contributed by atoms with Crippen LogP contribution in [0.15, 0.2) is 36.7 Å². The van der Waals surface area contributed by atoms with Crippen LogP contribution in [-0.2, 0) is 17.8 Å². The van der Waals surface area contributed by atoms with E-state index in [1.807, 2.05) is 24.5 Å². The molecule has 1 unspecified atom stereocenters. The lowest BCUT2D eigenvalue weighted by Crippen LogP contribution is -2.37. The highest BCUT2D eigenvalue weighted by Crippen LogP contribution is 2.29. The van der Waals surface area contributed by atoms with E-state index in [2.05, 4.69) is 26.6 Å². The van der Waals surface area contributed by atoms with Crippen molar-refractivity contribution in [2.75, 3.05) is 26.3 Å². The molecule has 0 saturated carbocycles. The van der Waals surface area contributed by atoms with Crippen LogP contribution < -0.4 is 0 Å². The van der Waals surface area contributed by atoms with Gasteiger partial charge in [0.2, 0.25) is 0 Å². The molecule has 32 heavy (non-hydrogen) atoms. The topological polar surface area (TPSA) is 59.0 Å². The van der Waals surface area contributed by atoms with E-state index in [0.717, 1.165) is 63.5 Å². The van der Waals surface area contributed by atoms with Gasteiger partial charge in [-0.25, -0.2) is 9.37 Å². The second kappa shape index (κ2) is 9.55. The lowest BCUT2D eigenvalue weighted by atomic mass is 9.95. The van der Waals surface area contributed by atoms with Gasteiger partial charge in [0.15, 0.2) is 0 Å². The first-order valence-corrected chi connectivity index (χ1v) is 11.8. The fourth-order valence-electron chi connectivity index (χ4n) is 5.24. The molecule has 0 bridgehead atoms. The molecule has 2 aliphatic heterocycles. The fourth-order valence-corrected chi connectivity index (χ4v) is 5.24. The van der Waals surface area contributed by atoms with Crippen molar-refractivity contribution in [3.8, 4) is 11.3 Å². The summed E-state index contributed by atoms with van der Waals surface area (Å²) < 4.78 is 21.4. The van der Waals surface area contributed by atoms with Gasteiger partial charge < -0.3 is 9.30 Å². The molecular formula is C25H32FN5O. The molecule has 1 atom stereocenters. The third-order valence-electron chi connectivity index (χ3n) is 6.96. The van der Waals surface area contributed by atoms with Crippen LogP contribution in [0.25, 0.3) is 11.3 Å². The first kappa shape index (κ1) is 21.3. The van der Waals surface area contributed by atoms with E-state index >= 15 is 0 Å². The van der Waals surface area contributed by atoms with E-state index in [-0.39, 0.29) is 5.82 Å². The lowest BCUT2D eigenvalue weighted by molar-refractivity contribution is 0.0821. The molecule has 0 amide bonds. The summed E-state index contributed by atoms with van der Waals surface area (Å²) in [6, 6.07) is 6.62. The summed E-state index contributed by atoms with van der Waals surface area (Å²) >= 11 is 0. The Balaban J connectivity index is 1.26. The summed E-state index contributed by atoms with van der Waals surface area (Å²) in [6.07, 6.45) is 8.53. The lowest BCUT2D eigenvalue weighted by Gasteiger charge is -2.34. The van der Waals surface area contributed by atoms with Crippen LogP contribution in [0.2, 0.25) is 0 Å². The summed E-state index contributed by atoms with van der Waals surface area (Å²) in [6.45, 7) is 7.92. The van der Waals surface area contributed by atoms with Gasteiger partial charge in [-0.1, -0.05) is 0 Å². The third-order valence-corrected chi connectivity index (χ3v) is 6.96. The molecule has 4 heterocycles. The summed E-state index contributed by atoms with van der Waals surface area (Å²) in [5.74, 6) is 2.15. The van der Waals surface area contributed by atoms with Crippen LogP contribution >= 0.6 is 0 Å². The van der Waals surface area contributed by atoms with Gasteiger partial charge in [-0.2, -0.15) is 5.10 Å². The monoisotopic (exact) mass is 437 g/mol. The van der Waals surface area contributed by atoms with E-state index in [0.29, 0.717) is 11.8 Å². The predicted molar refractivity (Wildman–Crippen MR) is 122 cm³/mol. The van der Waals surface area contributed by atoms with Gasteiger partial charge >= 0.3 is 0 Å². The standard InChI is InChI=1S/C25H32FN5O/c1-18-13-27-25(21-8-11-32-12-9-21)31(18)16-19-3-2-10-30(15-19)17-22-14-28-29-24(22)20-4-6-23(26)7-5-20/h4-7,13-14,19,21H,2-3,8-12,15-17H2,1H3,(H,28,29). The molecule has 0 spiro atoms. The summed E-state index contributed by atoms with van der Waals surface area (Å²) in [7, 11) is 0. The molecule has 2 aliphatic rings. The number of aromatic amines is 1. The Labute approximate surface area is 188 Å². The highest BCUT2D eigenvalue weighted by Gasteiger charge is 2.26. The number of nitrogens with one attached hydrogen (secondary N) is 1. The van der Waals surface area contributed by atoms with E-state index in [1.54, 1.807) is 0 Å². The van der Waals surface area contributed by atoms with Crippen molar-refractivity contribution in [1.29, 1.82) is 0 Å². The van der Waals surface area contributed by atoms with Crippen LogP contribution in [0.1, 0.15) is 48.7 Å². The maximum Gasteiger partial charge on any atom is 0.123 e. The van der Waals surface area contributed by atoms with E-state index < -0.39 is 0 Å². The third kappa shape index (κ3) is 4.64. The molecule has 2 aromatic heterocycles. The Hall–Kier alpha value is -2.51. The van der Waals surface area contributed by atoms with E-state index in [1.165, 1.54) is 42.1 Å². The highest BCUT2D eigenvalue weighted by atomic mass is 19.1. The molecule has 2 fully saturated rings. The Morgan fingerprint density at radius 1 is 1.12 bits per heavy atom. The number of piperidine rings is 1. The average Bonchev–Trinajstić information content (AvgIpc) is 3.42. The first-order chi connectivity index (χ1) is 15.7. The number of aromatic nitrogens is 4. The van der Waals surface area contributed by atoms with Gasteiger partial charge in [0.05, 0.1) is 11.9 Å². The molecule has 5 rings (SSSR count). The van der Waals surface area contributed by atoms with Crippen molar-refractivity contribution in [1.82, 2.24) is 24.6 Å². The zero-order valence-corrected chi connectivity index (χ0v) is 18.8. The number of imidazole rings is 1. The van der Waals surface area contributed by atoms with Crippen LogP contribution in [0.3, 0.4) is 0 Å². The quantitative estimate of drug-likeness (QED) is 0.616. The summed E-state index contributed by atoms with van der Waals surface area (Å²) in [5.41, 5.74) is 4.39. The van der Waals surface area contributed by atoms with Gasteiger partial charge in [-0.05, 0) is 69.3 Å². The Kier molecular flexibility index (Phi) is 6.37. The molecule has 2 saturated heterocycles. The number of hydrogen-bond donors (Lipinski definition) is 1. The van der Waals surface area contributed by atoms with Crippen LogP contribution in [-0.4, -0.2) is 51.0 Å². The SMILES string of the molecule is Cc1cnc(C2CCOCC2)n1CC1CCCN(Cc2cn[nH]c2-c2ccc(F)cc2)C1. The fraction of sp³-hybridized carbons (Fsp3) is 0.520. The minimum Gasteiger partial charge on any atom is -0.381 e. The largest absolute Gasteiger partial charge is 0.381 e. The zero-order valence-electron chi connectivity index (χ0n) is 18.8. The predicted octanol–water partition coefficient (Wildman–Crippen LogP) is 4.53. The number of halogens is 1. The number of H-pyrrole nitrogens is 1. The smallest absolute Gasteiger partial charge is 0.123 e. The molecule has 3 aromatic rings. The van der Waals surface area contributed by atoms with Gasteiger partial charge in [0.1, 0.15) is 11.6 Å². The van der Waals surface area contributed by atoms with Crippen LogP contribution in [0.4, 0.5) is 4.39 Å². The molecule has 6 nitrogen and oxygen atoms in total. The highest BCUT2D eigenvalue weighted by molar-refractivity contribution is 5.62. The van der Waals surface area contributed by atoms with Gasteiger partial charge in [0, 0.05) is 61.8 Å². The number of benzene rings is 1. The van der Waals surface area contributed by atoms with Gasteiger partial charge in [-0.3, -0.25) is 10.00 Å². The number of hydrogen-bond acceptors (Lipinski definition) is 4. The number of nitrogens with zero attached hydrogens (tertiary/aromatic N) is 4. The normalized spacial score (nSPS) is 20.6. The van der Waals surface area contributed by atoms with Crippen molar-refractivity contribution >= 4 is 0 Å². The number of rotatable bonds is 6. The second-order valence-electron chi connectivity index (χ2n) is 9.28. The van der Waals surface area contributed by atoms with E-state index in [9.17, 15) is 4.39 Å². The molecule has 1 N–H and O–H groups in total. The number of likely N-dealkylation sites (tertiary alicyclic amines) is 1. The molecule has 170 valence electrons. The summed E-state index contributed by atoms with van der Waals surface area (Å²) in [4.78, 5) is 7.32. The Morgan fingerprint density at radius 2 is 1.94 bits per heavy atom. The number of ether oxygens (including phenoxy) is 1. The molecular weight excluding hydrogens is 405 g/mol. The van der Waals surface area contributed by atoms with Crippen molar-refractivity contribution in [2.24, 2.45) is 5.92 Å². The molecule has 0 radical (unpaired) electrons. The minimum absolute atomic E-state index is 0.219. The van der Waals surface area contributed by atoms with Crippen LogP contribution in [0, 0.1) is 18.7 Å². The maximum absolute atomic E-state index is 13.3. The van der Waals surface area contributed by atoms with Crippen molar-refractivity contribution in [2.45, 2.75) is 51.6 Å². The Morgan fingerprint density at radius 3 is 2.75 bits per heavy atom. The Bertz CT molecular complexity index is 1020. The van der Waals surface area contributed by atoms with E-state index in [4.69, 9.17) is 9.72 Å². The minimum atomic E-state index is -0.219. The van der Waals surface area contributed by atoms with Crippen LogP contribution in [0.5, 0.6) is 0 Å². The van der Waals surface area contributed by atoms with Crippen molar-refractivity contribution < 1.29 is 9.13 Å². The number of aryl methyl sites for hydroxylation is 1. The van der Waals surface area contributed by atoms with Crippen molar-refractivity contribution in [3.05, 3.63) is 59.6 Å². The maximum atomic E-state index is 13.3. The second-order valence-corrected chi connectivity index (χ2v) is 9.28. The zero-order chi connectivity index (χ0) is 21.9. The summed E-state index contributed by atoms with van der Waals surface area (Å²) in [5, 5.41) is 7.38. The van der Waals surface area contributed by atoms with Crippen molar-refractivity contribution in [3.63, 3.8) is 0 Å². The molecule has 0 aliphatic carbocycles. The molecule has 1 aromatic carbocycles. The van der Waals surface area contributed by atoms with Gasteiger partial charge in [-0.15, -0.1) is 0 Å². The average molecular weight is 438 g/mol. The first-order valence-electron chi connectivity index (χ1n) is 11.8. The molecule has 7 heteroatoms. The van der Waals surface area contributed by atoms with Gasteiger partial charge in [0.25, 0.3) is 0 Å².